The number of aromatic nitrogens is 2. The molecule has 5 nitrogen and oxygen atoms in total. The topological polar surface area (TPSA) is 66.9 Å². The average Bonchev–Trinajstić information content (AvgIpc) is 2.60. The third-order valence-electron chi connectivity index (χ3n) is 3.57. The fourth-order valence-corrected chi connectivity index (χ4v) is 2.46. The van der Waals surface area contributed by atoms with Gasteiger partial charge in [-0.3, -0.25) is 4.79 Å². The standard InChI is InChI=1S/C19H16ClFN4O/c1-11-3-5-13(6-4-11)24-19-22-12(2)9-17(25-19)18(26)23-14-7-8-16(21)15(20)10-14/h3-10H,1-2H3,(H,23,26)(H,22,24,25). The van der Waals surface area contributed by atoms with Crippen molar-refractivity contribution in [3.63, 3.8) is 0 Å². The third-order valence-corrected chi connectivity index (χ3v) is 3.86. The van der Waals surface area contributed by atoms with Crippen molar-refractivity contribution in [2.75, 3.05) is 10.6 Å². The van der Waals surface area contributed by atoms with Crippen molar-refractivity contribution in [2.24, 2.45) is 0 Å². The zero-order chi connectivity index (χ0) is 18.7. The Kier molecular flexibility index (Phi) is 5.14. The van der Waals surface area contributed by atoms with Crippen LogP contribution in [0.4, 0.5) is 21.7 Å². The minimum absolute atomic E-state index is 0.0663. The number of aryl methyl sites for hydroxylation is 2. The Bertz CT molecular complexity index is 960. The zero-order valence-electron chi connectivity index (χ0n) is 14.2. The van der Waals surface area contributed by atoms with Crippen molar-refractivity contribution in [1.29, 1.82) is 0 Å². The highest BCUT2D eigenvalue weighted by Gasteiger charge is 2.12. The number of halogens is 2. The SMILES string of the molecule is Cc1ccc(Nc2nc(C)cc(C(=O)Nc3ccc(F)c(Cl)c3)n2)cc1. The molecule has 0 radical (unpaired) electrons. The van der Waals surface area contributed by atoms with Gasteiger partial charge < -0.3 is 10.6 Å². The molecule has 1 amide bonds. The number of hydrogen-bond donors (Lipinski definition) is 2. The van der Waals surface area contributed by atoms with Gasteiger partial charge in [-0.15, -0.1) is 0 Å². The van der Waals surface area contributed by atoms with Crippen LogP contribution < -0.4 is 10.6 Å². The van der Waals surface area contributed by atoms with Gasteiger partial charge in [-0.05, 0) is 50.2 Å². The number of benzene rings is 2. The second-order valence-corrected chi connectivity index (χ2v) is 6.20. The minimum atomic E-state index is -0.549. The molecule has 26 heavy (non-hydrogen) atoms. The molecule has 2 aromatic carbocycles. The van der Waals surface area contributed by atoms with E-state index in [-0.39, 0.29) is 10.7 Å². The fourth-order valence-electron chi connectivity index (χ4n) is 2.28. The number of anilines is 3. The maximum absolute atomic E-state index is 13.2. The highest BCUT2D eigenvalue weighted by molar-refractivity contribution is 6.31. The molecule has 3 rings (SSSR count). The molecular formula is C19H16ClFN4O. The molecule has 2 N–H and O–H groups in total. The lowest BCUT2D eigenvalue weighted by atomic mass is 10.2. The van der Waals surface area contributed by atoms with E-state index in [1.807, 2.05) is 31.2 Å². The molecule has 0 saturated heterocycles. The van der Waals surface area contributed by atoms with Gasteiger partial charge in [0.05, 0.1) is 5.02 Å². The van der Waals surface area contributed by atoms with Gasteiger partial charge in [-0.1, -0.05) is 29.3 Å². The number of carbonyl (C=O) groups excluding carboxylic acids is 1. The van der Waals surface area contributed by atoms with E-state index in [9.17, 15) is 9.18 Å². The van der Waals surface area contributed by atoms with Crippen LogP contribution >= 0.6 is 11.6 Å². The summed E-state index contributed by atoms with van der Waals surface area (Å²) in [6.07, 6.45) is 0. The third kappa shape index (κ3) is 4.34. The molecule has 1 aromatic heterocycles. The van der Waals surface area contributed by atoms with Crippen LogP contribution in [-0.4, -0.2) is 15.9 Å². The monoisotopic (exact) mass is 370 g/mol. The summed E-state index contributed by atoms with van der Waals surface area (Å²) < 4.78 is 13.2. The van der Waals surface area contributed by atoms with Gasteiger partial charge in [0.2, 0.25) is 5.95 Å². The Balaban J connectivity index is 1.80. The lowest BCUT2D eigenvalue weighted by molar-refractivity contribution is 0.102. The summed E-state index contributed by atoms with van der Waals surface area (Å²) in [7, 11) is 0. The maximum Gasteiger partial charge on any atom is 0.274 e. The van der Waals surface area contributed by atoms with Gasteiger partial charge in [-0.25, -0.2) is 14.4 Å². The molecule has 0 spiro atoms. The predicted octanol–water partition coefficient (Wildman–Crippen LogP) is 4.88. The molecule has 3 aromatic rings. The van der Waals surface area contributed by atoms with Crippen molar-refractivity contribution in [3.05, 3.63) is 76.3 Å². The van der Waals surface area contributed by atoms with Gasteiger partial charge >= 0.3 is 0 Å². The van der Waals surface area contributed by atoms with Crippen LogP contribution in [0.3, 0.4) is 0 Å². The van der Waals surface area contributed by atoms with Gasteiger partial charge in [0.25, 0.3) is 5.91 Å². The number of carbonyl (C=O) groups is 1. The van der Waals surface area contributed by atoms with Gasteiger partial charge in [0, 0.05) is 17.1 Å². The highest BCUT2D eigenvalue weighted by atomic mass is 35.5. The maximum atomic E-state index is 13.2. The molecule has 0 saturated carbocycles. The summed E-state index contributed by atoms with van der Waals surface area (Å²) in [4.78, 5) is 21.0. The van der Waals surface area contributed by atoms with Crippen LogP contribution in [0, 0.1) is 19.7 Å². The van der Waals surface area contributed by atoms with E-state index in [1.165, 1.54) is 18.2 Å². The first kappa shape index (κ1) is 17.8. The summed E-state index contributed by atoms with van der Waals surface area (Å²) in [5.74, 6) is -0.673. The summed E-state index contributed by atoms with van der Waals surface area (Å²) in [5.41, 5.74) is 3.16. The second kappa shape index (κ2) is 7.49. The number of rotatable bonds is 4. The van der Waals surface area contributed by atoms with Crippen molar-refractivity contribution >= 4 is 34.8 Å². The lowest BCUT2D eigenvalue weighted by Crippen LogP contribution is -2.15. The van der Waals surface area contributed by atoms with Crippen molar-refractivity contribution in [2.45, 2.75) is 13.8 Å². The Morgan fingerprint density at radius 2 is 1.69 bits per heavy atom. The van der Waals surface area contributed by atoms with Gasteiger partial charge in [-0.2, -0.15) is 0 Å². The normalized spacial score (nSPS) is 10.5. The number of nitrogens with zero attached hydrogens (tertiary/aromatic N) is 2. The Morgan fingerprint density at radius 1 is 1.00 bits per heavy atom. The molecule has 132 valence electrons. The molecule has 0 atom stereocenters. The molecule has 0 unspecified atom stereocenters. The van der Waals surface area contributed by atoms with Gasteiger partial charge in [0.15, 0.2) is 0 Å². The summed E-state index contributed by atoms with van der Waals surface area (Å²) in [5, 5.41) is 5.65. The Morgan fingerprint density at radius 3 is 2.38 bits per heavy atom. The Labute approximate surface area is 155 Å². The number of nitrogens with one attached hydrogen (secondary N) is 2. The fraction of sp³-hybridized carbons (Fsp3) is 0.105. The van der Waals surface area contributed by atoms with E-state index >= 15 is 0 Å². The summed E-state index contributed by atoms with van der Waals surface area (Å²) in [6.45, 7) is 3.77. The predicted molar refractivity (Wildman–Crippen MR) is 101 cm³/mol. The van der Waals surface area contributed by atoms with Crippen LogP contribution in [0.1, 0.15) is 21.7 Å². The summed E-state index contributed by atoms with van der Waals surface area (Å²) >= 11 is 5.73. The molecule has 0 aliphatic rings. The zero-order valence-corrected chi connectivity index (χ0v) is 14.9. The molecular weight excluding hydrogens is 355 g/mol. The summed E-state index contributed by atoms with van der Waals surface area (Å²) in [6, 6.07) is 13.3. The molecule has 0 fully saturated rings. The lowest BCUT2D eigenvalue weighted by Gasteiger charge is -2.09. The van der Waals surface area contributed by atoms with E-state index in [2.05, 4.69) is 20.6 Å². The van der Waals surface area contributed by atoms with Crippen LogP contribution in [0.2, 0.25) is 5.02 Å². The molecule has 1 heterocycles. The number of amides is 1. The van der Waals surface area contributed by atoms with Crippen LogP contribution in [0.15, 0.2) is 48.5 Å². The van der Waals surface area contributed by atoms with E-state index < -0.39 is 11.7 Å². The Hall–Kier alpha value is -2.99. The van der Waals surface area contributed by atoms with Crippen molar-refractivity contribution in [3.8, 4) is 0 Å². The first-order valence-corrected chi connectivity index (χ1v) is 8.24. The van der Waals surface area contributed by atoms with E-state index in [0.29, 0.717) is 17.3 Å². The molecule has 7 heteroatoms. The quantitative estimate of drug-likeness (QED) is 0.686. The molecule has 0 aliphatic heterocycles. The first-order valence-electron chi connectivity index (χ1n) is 7.86. The molecule has 0 aliphatic carbocycles. The second-order valence-electron chi connectivity index (χ2n) is 5.79. The highest BCUT2D eigenvalue weighted by Crippen LogP contribution is 2.20. The average molecular weight is 371 g/mol. The van der Waals surface area contributed by atoms with Crippen molar-refractivity contribution in [1.82, 2.24) is 9.97 Å². The van der Waals surface area contributed by atoms with Gasteiger partial charge in [0.1, 0.15) is 11.5 Å². The smallest absolute Gasteiger partial charge is 0.274 e. The largest absolute Gasteiger partial charge is 0.324 e. The minimum Gasteiger partial charge on any atom is -0.324 e. The van der Waals surface area contributed by atoms with Crippen LogP contribution in [-0.2, 0) is 0 Å². The number of hydrogen-bond acceptors (Lipinski definition) is 4. The van der Waals surface area contributed by atoms with Crippen LogP contribution in [0.25, 0.3) is 0 Å². The van der Waals surface area contributed by atoms with E-state index in [1.54, 1.807) is 13.0 Å². The van der Waals surface area contributed by atoms with E-state index in [4.69, 9.17) is 11.6 Å². The first-order chi connectivity index (χ1) is 12.4. The van der Waals surface area contributed by atoms with Crippen LogP contribution in [0.5, 0.6) is 0 Å². The van der Waals surface area contributed by atoms with E-state index in [0.717, 1.165) is 11.3 Å². The molecule has 0 bridgehead atoms. The van der Waals surface area contributed by atoms with Crippen molar-refractivity contribution < 1.29 is 9.18 Å².